The van der Waals surface area contributed by atoms with Gasteiger partial charge in [0.15, 0.2) is 5.16 Å². The van der Waals surface area contributed by atoms with E-state index in [1.165, 1.54) is 11.8 Å². The molecule has 0 aliphatic rings. The molecule has 5 nitrogen and oxygen atoms in total. The number of H-pyrrole nitrogens is 1. The fourth-order valence-electron chi connectivity index (χ4n) is 2.74. The largest absolute Gasteiger partial charge is 0.326 e. The summed E-state index contributed by atoms with van der Waals surface area (Å²) in [5, 5.41) is 3.50. The van der Waals surface area contributed by atoms with Gasteiger partial charge in [-0.3, -0.25) is 9.59 Å². The molecule has 1 heterocycles. The van der Waals surface area contributed by atoms with E-state index in [0.29, 0.717) is 22.1 Å². The molecule has 7 heteroatoms. The molecule has 3 rings (SSSR count). The van der Waals surface area contributed by atoms with Crippen molar-refractivity contribution >= 4 is 39.3 Å². The lowest BCUT2D eigenvalue weighted by atomic mass is 10.1. The summed E-state index contributed by atoms with van der Waals surface area (Å²) >= 11 is 4.85. The summed E-state index contributed by atoms with van der Waals surface area (Å²) in [7, 11) is 0. The van der Waals surface area contributed by atoms with Crippen molar-refractivity contribution in [3.05, 3.63) is 86.2 Å². The van der Waals surface area contributed by atoms with E-state index in [1.54, 1.807) is 19.1 Å². The average molecular weight is 458 g/mol. The summed E-state index contributed by atoms with van der Waals surface area (Å²) < 4.78 is 0.870. The molecule has 0 aliphatic heterocycles. The molecule has 0 saturated heterocycles. The topological polar surface area (TPSA) is 74.8 Å². The predicted molar refractivity (Wildman–Crippen MR) is 117 cm³/mol. The monoisotopic (exact) mass is 457 g/mol. The summed E-state index contributed by atoms with van der Waals surface area (Å²) in [4.78, 5) is 32.2. The number of rotatable bonds is 6. The summed E-state index contributed by atoms with van der Waals surface area (Å²) in [6.07, 6.45) is -0.0279. The lowest BCUT2D eigenvalue weighted by Gasteiger charge is -2.12. The lowest BCUT2D eigenvalue weighted by molar-refractivity contribution is -0.115. The summed E-state index contributed by atoms with van der Waals surface area (Å²) in [6.45, 7) is 3.82. The maximum Gasteiger partial charge on any atom is 0.255 e. The van der Waals surface area contributed by atoms with Crippen molar-refractivity contribution in [2.75, 3.05) is 5.32 Å². The van der Waals surface area contributed by atoms with E-state index < -0.39 is 0 Å². The minimum Gasteiger partial charge on any atom is -0.326 e. The van der Waals surface area contributed by atoms with Gasteiger partial charge in [0.1, 0.15) is 0 Å². The number of halogens is 1. The average Bonchev–Trinajstić information content (AvgIpc) is 2.65. The van der Waals surface area contributed by atoms with Crippen molar-refractivity contribution in [3.8, 4) is 0 Å². The van der Waals surface area contributed by atoms with Crippen molar-refractivity contribution < 1.29 is 4.79 Å². The first-order valence-corrected chi connectivity index (χ1v) is 10.5. The van der Waals surface area contributed by atoms with Gasteiger partial charge in [0, 0.05) is 26.7 Å². The van der Waals surface area contributed by atoms with Gasteiger partial charge in [-0.05, 0) is 37.6 Å². The smallest absolute Gasteiger partial charge is 0.255 e. The van der Waals surface area contributed by atoms with Crippen LogP contribution in [0.3, 0.4) is 0 Å². The number of thioether (sulfide) groups is 1. The number of carbonyl (C=O) groups is 1. The molecule has 0 radical (unpaired) electrons. The van der Waals surface area contributed by atoms with Crippen molar-refractivity contribution in [1.82, 2.24) is 9.97 Å². The van der Waals surface area contributed by atoms with Gasteiger partial charge in [-0.25, -0.2) is 4.98 Å². The third kappa shape index (κ3) is 5.33. The van der Waals surface area contributed by atoms with E-state index in [2.05, 4.69) is 38.1 Å². The van der Waals surface area contributed by atoms with E-state index in [-0.39, 0.29) is 23.1 Å². The Balaban J connectivity index is 1.71. The molecule has 0 bridgehead atoms. The molecule has 1 unspecified atom stereocenters. The minimum atomic E-state index is -0.278. The SMILES string of the molecule is Cc1nc(SC(C)c2ccccc2)[nH]c(=O)c1CC(=O)Nc1cccc(Br)c1. The van der Waals surface area contributed by atoms with Crippen LogP contribution in [0.5, 0.6) is 0 Å². The van der Waals surface area contributed by atoms with Gasteiger partial charge in [0.25, 0.3) is 5.56 Å². The van der Waals surface area contributed by atoms with Crippen molar-refractivity contribution in [3.63, 3.8) is 0 Å². The predicted octanol–water partition coefficient (Wildman–Crippen LogP) is 4.88. The number of amides is 1. The van der Waals surface area contributed by atoms with E-state index in [1.807, 2.05) is 42.5 Å². The third-order valence-corrected chi connectivity index (χ3v) is 5.74. The number of aromatic nitrogens is 2. The third-order valence-electron chi connectivity index (χ3n) is 4.20. The molecule has 0 aliphatic carbocycles. The number of hydrogen-bond donors (Lipinski definition) is 2. The molecular weight excluding hydrogens is 438 g/mol. The molecule has 1 atom stereocenters. The van der Waals surface area contributed by atoms with Crippen molar-refractivity contribution in [2.24, 2.45) is 0 Å². The highest BCUT2D eigenvalue weighted by Gasteiger charge is 2.15. The Bertz CT molecular complexity index is 1040. The highest BCUT2D eigenvalue weighted by atomic mass is 79.9. The Labute approximate surface area is 176 Å². The molecule has 28 heavy (non-hydrogen) atoms. The fraction of sp³-hybridized carbons (Fsp3) is 0.190. The van der Waals surface area contributed by atoms with Gasteiger partial charge >= 0.3 is 0 Å². The zero-order chi connectivity index (χ0) is 20.1. The van der Waals surface area contributed by atoms with E-state index >= 15 is 0 Å². The maximum absolute atomic E-state index is 12.5. The number of aryl methyl sites for hydroxylation is 1. The van der Waals surface area contributed by atoms with Gasteiger partial charge in [-0.2, -0.15) is 0 Å². The van der Waals surface area contributed by atoms with Gasteiger partial charge in [-0.15, -0.1) is 0 Å². The van der Waals surface area contributed by atoms with Crippen LogP contribution >= 0.6 is 27.7 Å². The number of hydrogen-bond acceptors (Lipinski definition) is 4. The molecule has 144 valence electrons. The van der Waals surface area contributed by atoms with Crippen molar-refractivity contribution in [2.45, 2.75) is 30.7 Å². The first kappa shape index (κ1) is 20.4. The summed E-state index contributed by atoms with van der Waals surface area (Å²) in [6, 6.07) is 17.3. The highest BCUT2D eigenvalue weighted by Crippen LogP contribution is 2.32. The van der Waals surface area contributed by atoms with E-state index in [0.717, 1.165) is 10.0 Å². The number of anilines is 1. The molecule has 2 aromatic carbocycles. The molecule has 3 aromatic rings. The molecule has 1 amide bonds. The van der Waals surface area contributed by atoms with Crippen LogP contribution in [0.1, 0.15) is 29.0 Å². The zero-order valence-corrected chi connectivity index (χ0v) is 17.9. The fourth-order valence-corrected chi connectivity index (χ4v) is 4.11. The van der Waals surface area contributed by atoms with E-state index in [9.17, 15) is 9.59 Å². The van der Waals surface area contributed by atoms with Crippen LogP contribution in [0, 0.1) is 6.92 Å². The summed E-state index contributed by atoms with van der Waals surface area (Å²) in [5.74, 6) is -0.258. The lowest BCUT2D eigenvalue weighted by Crippen LogP contribution is -2.23. The van der Waals surface area contributed by atoms with Gasteiger partial charge in [-0.1, -0.05) is 64.1 Å². The van der Waals surface area contributed by atoms with Crippen LogP contribution in [0.15, 0.2) is 69.0 Å². The molecular formula is C21H20BrN3O2S. The van der Waals surface area contributed by atoms with Crippen LogP contribution in [-0.2, 0) is 11.2 Å². The van der Waals surface area contributed by atoms with E-state index in [4.69, 9.17) is 0 Å². The summed E-state index contributed by atoms with van der Waals surface area (Å²) in [5.41, 5.74) is 2.50. The Morgan fingerprint density at radius 3 is 2.64 bits per heavy atom. The standard InChI is InChI=1S/C21H20BrN3O2S/c1-13-18(12-19(26)24-17-10-6-9-16(22)11-17)20(27)25-21(23-13)28-14(2)15-7-4-3-5-8-15/h3-11,14H,12H2,1-2H3,(H,24,26)(H,23,25,27). The quantitative estimate of drug-likeness (QED) is 0.408. The second kappa shape index (κ2) is 9.21. The Morgan fingerprint density at radius 1 is 1.21 bits per heavy atom. The Hall–Kier alpha value is -2.38. The molecule has 1 aromatic heterocycles. The number of benzene rings is 2. The van der Waals surface area contributed by atoms with Crippen LogP contribution in [0.25, 0.3) is 0 Å². The second-order valence-electron chi connectivity index (χ2n) is 6.34. The second-order valence-corrected chi connectivity index (χ2v) is 8.59. The van der Waals surface area contributed by atoms with Gasteiger partial charge < -0.3 is 10.3 Å². The van der Waals surface area contributed by atoms with Crippen LogP contribution < -0.4 is 10.9 Å². The highest BCUT2D eigenvalue weighted by molar-refractivity contribution is 9.10. The molecule has 2 N–H and O–H groups in total. The first-order valence-electron chi connectivity index (χ1n) is 8.79. The van der Waals surface area contributed by atoms with Crippen LogP contribution in [0.2, 0.25) is 0 Å². The molecule has 0 saturated carbocycles. The van der Waals surface area contributed by atoms with Gasteiger partial charge in [0.05, 0.1) is 6.42 Å². The van der Waals surface area contributed by atoms with Gasteiger partial charge in [0.2, 0.25) is 5.91 Å². The van der Waals surface area contributed by atoms with Crippen molar-refractivity contribution in [1.29, 1.82) is 0 Å². The molecule has 0 fully saturated rings. The Kier molecular flexibility index (Phi) is 6.70. The Morgan fingerprint density at radius 2 is 1.96 bits per heavy atom. The van der Waals surface area contributed by atoms with Crippen LogP contribution in [0.4, 0.5) is 5.69 Å². The number of aromatic amines is 1. The minimum absolute atomic E-state index is 0.0279. The number of nitrogens with zero attached hydrogens (tertiary/aromatic N) is 1. The number of nitrogens with one attached hydrogen (secondary N) is 2. The first-order chi connectivity index (χ1) is 13.4. The number of carbonyl (C=O) groups excluding carboxylic acids is 1. The van der Waals surface area contributed by atoms with Crippen LogP contribution in [-0.4, -0.2) is 15.9 Å². The normalized spacial score (nSPS) is 11.8. The zero-order valence-electron chi connectivity index (χ0n) is 15.5. The maximum atomic E-state index is 12.5. The molecule has 0 spiro atoms.